The number of imidazole rings is 1. The average Bonchev–Trinajstić information content (AvgIpc) is 3.74. The molecular formula is C29H27F3N8O3. The first-order chi connectivity index (χ1) is 20.7. The molecule has 3 aromatic heterocycles. The molecule has 1 aliphatic carbocycles. The SMILES string of the molecule is COc1ncnc(C2CC2)c1-c1ncc2c(n1)N(Cc1ccc(-c3nc(C(F)(F)F)cn3C3CN(C)C3)cc1)C(=O)CO2. The maximum atomic E-state index is 13.5. The molecular weight excluding hydrogens is 565 g/mol. The third-order valence-corrected chi connectivity index (χ3v) is 7.88. The van der Waals surface area contributed by atoms with Gasteiger partial charge in [-0.05, 0) is 25.5 Å². The van der Waals surface area contributed by atoms with Crippen molar-refractivity contribution in [1.29, 1.82) is 0 Å². The van der Waals surface area contributed by atoms with Crippen LogP contribution >= 0.6 is 0 Å². The van der Waals surface area contributed by atoms with E-state index in [0.717, 1.165) is 30.3 Å². The molecule has 0 radical (unpaired) electrons. The van der Waals surface area contributed by atoms with Gasteiger partial charge in [-0.2, -0.15) is 13.2 Å². The molecule has 3 aliphatic rings. The summed E-state index contributed by atoms with van der Waals surface area (Å²) in [6.07, 6.45) is 1.52. The van der Waals surface area contributed by atoms with Crippen molar-refractivity contribution >= 4 is 11.7 Å². The maximum absolute atomic E-state index is 13.5. The highest BCUT2D eigenvalue weighted by Gasteiger charge is 2.38. The highest BCUT2D eigenvalue weighted by Crippen LogP contribution is 2.45. The van der Waals surface area contributed by atoms with E-state index < -0.39 is 11.9 Å². The predicted molar refractivity (Wildman–Crippen MR) is 147 cm³/mol. The van der Waals surface area contributed by atoms with Gasteiger partial charge in [-0.1, -0.05) is 24.3 Å². The summed E-state index contributed by atoms with van der Waals surface area (Å²) in [6, 6.07) is 6.91. The molecule has 1 saturated carbocycles. The van der Waals surface area contributed by atoms with Gasteiger partial charge in [0, 0.05) is 30.8 Å². The van der Waals surface area contributed by atoms with E-state index in [1.54, 1.807) is 28.8 Å². The third-order valence-electron chi connectivity index (χ3n) is 7.88. The fraction of sp³-hybridized carbons (Fsp3) is 0.379. The number of rotatable bonds is 7. The van der Waals surface area contributed by atoms with Crippen molar-refractivity contribution < 1.29 is 27.4 Å². The Morgan fingerprint density at radius 1 is 1.07 bits per heavy atom. The summed E-state index contributed by atoms with van der Waals surface area (Å²) >= 11 is 0. The molecule has 11 nitrogen and oxygen atoms in total. The van der Waals surface area contributed by atoms with Crippen LogP contribution in [0.4, 0.5) is 19.0 Å². The van der Waals surface area contributed by atoms with E-state index in [4.69, 9.17) is 14.5 Å². The molecule has 1 saturated heterocycles. The highest BCUT2D eigenvalue weighted by atomic mass is 19.4. The van der Waals surface area contributed by atoms with Crippen LogP contribution in [0.5, 0.6) is 11.6 Å². The van der Waals surface area contributed by atoms with Crippen molar-refractivity contribution in [2.24, 2.45) is 0 Å². The summed E-state index contributed by atoms with van der Waals surface area (Å²) in [4.78, 5) is 38.5. The van der Waals surface area contributed by atoms with Crippen molar-refractivity contribution in [2.45, 2.75) is 37.5 Å². The van der Waals surface area contributed by atoms with Gasteiger partial charge >= 0.3 is 6.18 Å². The lowest BCUT2D eigenvalue weighted by Gasteiger charge is -2.37. The largest absolute Gasteiger partial charge is 0.480 e. The van der Waals surface area contributed by atoms with E-state index in [1.165, 1.54) is 24.5 Å². The molecule has 2 fully saturated rings. The van der Waals surface area contributed by atoms with E-state index in [1.807, 2.05) is 11.9 Å². The Kier molecular flexibility index (Phi) is 6.52. The number of benzene rings is 1. The Bertz CT molecular complexity index is 1700. The fourth-order valence-electron chi connectivity index (χ4n) is 5.50. The van der Waals surface area contributed by atoms with Crippen molar-refractivity contribution in [3.05, 3.63) is 59.9 Å². The van der Waals surface area contributed by atoms with Crippen molar-refractivity contribution in [3.8, 4) is 34.4 Å². The molecule has 43 heavy (non-hydrogen) atoms. The summed E-state index contributed by atoms with van der Waals surface area (Å²) < 4.78 is 53.3. The number of ether oxygens (including phenoxy) is 2. The quantitative estimate of drug-likeness (QED) is 0.313. The first-order valence-electron chi connectivity index (χ1n) is 13.8. The van der Waals surface area contributed by atoms with Gasteiger partial charge in [0.2, 0.25) is 5.88 Å². The van der Waals surface area contributed by atoms with Gasteiger partial charge < -0.3 is 18.9 Å². The van der Waals surface area contributed by atoms with Crippen LogP contribution in [-0.2, 0) is 17.5 Å². The van der Waals surface area contributed by atoms with Gasteiger partial charge in [0.05, 0.1) is 31.6 Å². The number of hydrogen-bond acceptors (Lipinski definition) is 9. The molecule has 14 heteroatoms. The monoisotopic (exact) mass is 592 g/mol. The molecule has 222 valence electrons. The minimum atomic E-state index is -4.55. The number of nitrogens with zero attached hydrogens (tertiary/aromatic N) is 8. The number of hydrogen-bond donors (Lipinski definition) is 0. The normalized spacial score (nSPS) is 17.4. The Hall–Kier alpha value is -4.59. The van der Waals surface area contributed by atoms with Gasteiger partial charge in [0.1, 0.15) is 17.7 Å². The number of alkyl halides is 3. The summed E-state index contributed by atoms with van der Waals surface area (Å²) in [5.74, 6) is 1.57. The van der Waals surface area contributed by atoms with E-state index in [9.17, 15) is 18.0 Å². The molecule has 1 aromatic carbocycles. The topological polar surface area (TPSA) is 111 Å². The number of likely N-dealkylation sites (tertiary alicyclic amines) is 1. The molecule has 1 amide bonds. The van der Waals surface area contributed by atoms with Gasteiger partial charge in [-0.25, -0.2) is 24.9 Å². The van der Waals surface area contributed by atoms with Gasteiger partial charge in [-0.15, -0.1) is 0 Å². The first kappa shape index (κ1) is 27.3. The van der Waals surface area contributed by atoms with Crippen molar-refractivity contribution in [3.63, 3.8) is 0 Å². The van der Waals surface area contributed by atoms with Crippen molar-refractivity contribution in [1.82, 2.24) is 34.4 Å². The number of carbonyl (C=O) groups excluding carboxylic acids is 1. The number of aromatic nitrogens is 6. The Labute approximate surface area is 244 Å². The van der Waals surface area contributed by atoms with E-state index >= 15 is 0 Å². The van der Waals surface area contributed by atoms with Crippen LogP contribution in [0.15, 0.2) is 43.0 Å². The molecule has 0 unspecified atom stereocenters. The Morgan fingerprint density at radius 2 is 1.84 bits per heavy atom. The lowest BCUT2D eigenvalue weighted by molar-refractivity contribution is -0.141. The molecule has 2 aliphatic heterocycles. The van der Waals surface area contributed by atoms with E-state index in [-0.39, 0.29) is 36.8 Å². The Morgan fingerprint density at radius 3 is 2.51 bits per heavy atom. The second kappa shape index (κ2) is 10.3. The van der Waals surface area contributed by atoms with Gasteiger partial charge in [0.25, 0.3) is 5.91 Å². The number of methoxy groups -OCH3 is 1. The number of anilines is 1. The molecule has 0 N–H and O–H groups in total. The zero-order valence-corrected chi connectivity index (χ0v) is 23.4. The summed E-state index contributed by atoms with van der Waals surface area (Å²) in [5, 5.41) is 0. The maximum Gasteiger partial charge on any atom is 0.434 e. The van der Waals surface area contributed by atoms with Crippen molar-refractivity contribution in [2.75, 3.05) is 38.8 Å². The Balaban J connectivity index is 1.19. The lowest BCUT2D eigenvalue weighted by Crippen LogP contribution is -2.44. The summed E-state index contributed by atoms with van der Waals surface area (Å²) in [5.41, 5.74) is 1.77. The van der Waals surface area contributed by atoms with E-state index in [0.29, 0.717) is 47.5 Å². The van der Waals surface area contributed by atoms with E-state index in [2.05, 4.69) is 19.9 Å². The minimum Gasteiger partial charge on any atom is -0.480 e. The number of amides is 1. The van der Waals surface area contributed by atoms with Crippen LogP contribution in [0, 0.1) is 0 Å². The van der Waals surface area contributed by atoms with Gasteiger partial charge in [-0.3, -0.25) is 9.69 Å². The zero-order chi connectivity index (χ0) is 29.9. The second-order valence-electron chi connectivity index (χ2n) is 11.0. The summed E-state index contributed by atoms with van der Waals surface area (Å²) in [7, 11) is 3.44. The fourth-order valence-corrected chi connectivity index (χ4v) is 5.50. The number of fused-ring (bicyclic) bond motifs is 1. The van der Waals surface area contributed by atoms with Crippen LogP contribution in [0.1, 0.15) is 41.8 Å². The molecule has 4 aromatic rings. The molecule has 0 bridgehead atoms. The van der Waals surface area contributed by atoms with Crippen LogP contribution in [0.25, 0.3) is 22.8 Å². The first-order valence-corrected chi connectivity index (χ1v) is 13.8. The smallest absolute Gasteiger partial charge is 0.434 e. The minimum absolute atomic E-state index is 0.0892. The number of halogens is 3. The van der Waals surface area contributed by atoms with Crippen LogP contribution < -0.4 is 14.4 Å². The molecule has 7 rings (SSSR count). The average molecular weight is 593 g/mol. The zero-order valence-electron chi connectivity index (χ0n) is 23.4. The van der Waals surface area contributed by atoms with Crippen LogP contribution in [0.3, 0.4) is 0 Å². The second-order valence-corrected chi connectivity index (χ2v) is 11.0. The lowest BCUT2D eigenvalue weighted by atomic mass is 10.1. The van der Waals surface area contributed by atoms with Gasteiger partial charge in [0.15, 0.2) is 29.7 Å². The standard InChI is InChI=1S/C29H27F3N8O3/c1-38-11-19(12-38)39-13-21(29(30,31)32)36-26(39)18-5-3-16(4-6-18)10-40-22(41)14-43-20-9-33-25(37-27(20)40)23-24(17-7-8-17)34-15-35-28(23)42-2/h3-6,9,13,15,17,19H,7-8,10-12,14H2,1-2H3. The molecule has 0 spiro atoms. The molecule has 0 atom stereocenters. The van der Waals surface area contributed by atoms with Crippen LogP contribution in [-0.4, -0.2) is 74.1 Å². The number of likely N-dealkylation sites (N-methyl/N-ethyl adjacent to an activating group) is 1. The summed E-state index contributed by atoms with van der Waals surface area (Å²) in [6.45, 7) is 1.28. The third kappa shape index (κ3) is 5.05. The predicted octanol–water partition coefficient (Wildman–Crippen LogP) is 4.11. The molecule has 5 heterocycles. The number of carbonyl (C=O) groups is 1. The van der Waals surface area contributed by atoms with Crippen LogP contribution in [0.2, 0.25) is 0 Å². The highest BCUT2D eigenvalue weighted by molar-refractivity contribution is 5.96.